The first-order chi connectivity index (χ1) is 11.1. The second-order valence-corrected chi connectivity index (χ2v) is 5.89. The van der Waals surface area contributed by atoms with Gasteiger partial charge in [-0.2, -0.15) is 0 Å². The zero-order valence-electron chi connectivity index (χ0n) is 13.2. The Morgan fingerprint density at radius 2 is 2.00 bits per heavy atom. The van der Waals surface area contributed by atoms with Crippen LogP contribution in [0.5, 0.6) is 0 Å². The van der Waals surface area contributed by atoms with Crippen molar-refractivity contribution in [3.05, 3.63) is 64.6 Å². The predicted octanol–water partition coefficient (Wildman–Crippen LogP) is 1.42. The van der Waals surface area contributed by atoms with Gasteiger partial charge < -0.3 is 14.8 Å². The first-order valence-electron chi connectivity index (χ1n) is 7.92. The van der Waals surface area contributed by atoms with Gasteiger partial charge in [0.25, 0.3) is 5.56 Å². The summed E-state index contributed by atoms with van der Waals surface area (Å²) in [5, 5.41) is 2.93. The minimum atomic E-state index is -0.163. The number of rotatable bonds is 5. The van der Waals surface area contributed by atoms with Crippen LogP contribution in [0.15, 0.2) is 53.5 Å². The number of nitrogens with one attached hydrogen (secondary N) is 1. The molecule has 1 aromatic heterocycles. The van der Waals surface area contributed by atoms with Crippen molar-refractivity contribution < 1.29 is 4.79 Å². The van der Waals surface area contributed by atoms with Crippen LogP contribution in [0, 0.1) is 0 Å². The quantitative estimate of drug-likeness (QED) is 0.908. The Labute approximate surface area is 135 Å². The SMILES string of the molecule is C[C@@H](CNC(=O)Cn1ccccc1=O)N1CCc2ccccc21. The van der Waals surface area contributed by atoms with Gasteiger partial charge in [0.05, 0.1) is 0 Å². The van der Waals surface area contributed by atoms with Gasteiger partial charge in [-0.25, -0.2) is 0 Å². The van der Waals surface area contributed by atoms with Crippen LogP contribution in [0.1, 0.15) is 12.5 Å². The first kappa shape index (κ1) is 15.3. The Bertz CT molecular complexity index is 754. The smallest absolute Gasteiger partial charge is 0.250 e. The van der Waals surface area contributed by atoms with Gasteiger partial charge in [-0.05, 0) is 31.0 Å². The van der Waals surface area contributed by atoms with Crippen molar-refractivity contribution >= 4 is 11.6 Å². The fourth-order valence-electron chi connectivity index (χ4n) is 3.00. The molecular formula is C18H21N3O2. The number of para-hydroxylation sites is 1. The minimum Gasteiger partial charge on any atom is -0.366 e. The molecule has 0 spiro atoms. The fourth-order valence-corrected chi connectivity index (χ4v) is 3.00. The number of aromatic nitrogens is 1. The third-order valence-corrected chi connectivity index (χ3v) is 4.26. The molecule has 0 fully saturated rings. The molecule has 0 saturated carbocycles. The monoisotopic (exact) mass is 311 g/mol. The molecule has 1 aliphatic heterocycles. The van der Waals surface area contributed by atoms with Gasteiger partial charge in [-0.3, -0.25) is 9.59 Å². The molecule has 1 N–H and O–H groups in total. The Hall–Kier alpha value is -2.56. The summed E-state index contributed by atoms with van der Waals surface area (Å²) in [6.45, 7) is 3.71. The number of amides is 1. The number of carbonyl (C=O) groups excluding carboxylic acids is 1. The summed E-state index contributed by atoms with van der Waals surface area (Å²) < 4.78 is 1.41. The van der Waals surface area contributed by atoms with Crippen LogP contribution in [0.4, 0.5) is 5.69 Å². The third kappa shape index (κ3) is 3.44. The molecule has 23 heavy (non-hydrogen) atoms. The largest absolute Gasteiger partial charge is 0.366 e. The zero-order chi connectivity index (χ0) is 16.2. The number of hydrogen-bond donors (Lipinski definition) is 1. The van der Waals surface area contributed by atoms with E-state index in [2.05, 4.69) is 35.3 Å². The maximum Gasteiger partial charge on any atom is 0.250 e. The van der Waals surface area contributed by atoms with E-state index in [0.717, 1.165) is 13.0 Å². The normalized spacial score (nSPS) is 14.4. The Kier molecular flexibility index (Phi) is 4.46. The van der Waals surface area contributed by atoms with Crippen molar-refractivity contribution in [1.82, 2.24) is 9.88 Å². The summed E-state index contributed by atoms with van der Waals surface area (Å²) in [6.07, 6.45) is 2.68. The van der Waals surface area contributed by atoms with Crippen molar-refractivity contribution in [1.29, 1.82) is 0 Å². The van der Waals surface area contributed by atoms with Gasteiger partial charge in [0.1, 0.15) is 6.54 Å². The number of hydrogen-bond acceptors (Lipinski definition) is 3. The molecule has 120 valence electrons. The van der Waals surface area contributed by atoms with Gasteiger partial charge in [-0.1, -0.05) is 24.3 Å². The number of carbonyl (C=O) groups is 1. The molecule has 2 aromatic rings. The molecule has 5 heteroatoms. The van der Waals surface area contributed by atoms with Gasteiger partial charge in [0.15, 0.2) is 0 Å². The summed E-state index contributed by atoms with van der Waals surface area (Å²) >= 11 is 0. The molecule has 5 nitrogen and oxygen atoms in total. The highest BCUT2D eigenvalue weighted by Gasteiger charge is 2.23. The summed E-state index contributed by atoms with van der Waals surface area (Å²) in [4.78, 5) is 26.0. The fraction of sp³-hybridized carbons (Fsp3) is 0.333. The molecule has 0 unspecified atom stereocenters. The molecule has 3 rings (SSSR count). The molecule has 1 aliphatic rings. The van der Waals surface area contributed by atoms with Crippen LogP contribution >= 0.6 is 0 Å². The highest BCUT2D eigenvalue weighted by molar-refractivity contribution is 5.75. The molecule has 0 radical (unpaired) electrons. The second-order valence-electron chi connectivity index (χ2n) is 5.89. The van der Waals surface area contributed by atoms with Crippen molar-refractivity contribution in [2.75, 3.05) is 18.0 Å². The molecule has 0 aliphatic carbocycles. The lowest BCUT2D eigenvalue weighted by Gasteiger charge is -2.27. The summed E-state index contributed by atoms with van der Waals surface area (Å²) in [5.41, 5.74) is 2.46. The summed E-state index contributed by atoms with van der Waals surface area (Å²) in [7, 11) is 0. The van der Waals surface area contributed by atoms with Crippen molar-refractivity contribution in [2.45, 2.75) is 25.9 Å². The van der Waals surface area contributed by atoms with Crippen LogP contribution in [0.3, 0.4) is 0 Å². The molecule has 0 saturated heterocycles. The summed E-state index contributed by atoms with van der Waals surface area (Å²) in [5.74, 6) is -0.141. The van der Waals surface area contributed by atoms with E-state index < -0.39 is 0 Å². The maximum absolute atomic E-state index is 12.0. The highest BCUT2D eigenvalue weighted by atomic mass is 16.2. The number of benzene rings is 1. The van der Waals surface area contributed by atoms with Crippen LogP contribution < -0.4 is 15.8 Å². The molecule has 2 heterocycles. The Balaban J connectivity index is 1.55. The highest BCUT2D eigenvalue weighted by Crippen LogP contribution is 2.28. The maximum atomic E-state index is 12.0. The molecule has 0 bridgehead atoms. The van der Waals surface area contributed by atoms with E-state index in [1.54, 1.807) is 18.3 Å². The second kappa shape index (κ2) is 6.69. The molecule has 1 atom stereocenters. The van der Waals surface area contributed by atoms with E-state index in [4.69, 9.17) is 0 Å². The zero-order valence-corrected chi connectivity index (χ0v) is 13.2. The third-order valence-electron chi connectivity index (χ3n) is 4.26. The average molecular weight is 311 g/mol. The Morgan fingerprint density at radius 1 is 1.22 bits per heavy atom. The van der Waals surface area contributed by atoms with Crippen molar-refractivity contribution in [2.24, 2.45) is 0 Å². The van der Waals surface area contributed by atoms with E-state index >= 15 is 0 Å². The van der Waals surface area contributed by atoms with Gasteiger partial charge in [-0.15, -0.1) is 0 Å². The average Bonchev–Trinajstić information content (AvgIpc) is 2.99. The lowest BCUT2D eigenvalue weighted by atomic mass is 10.2. The summed E-state index contributed by atoms with van der Waals surface area (Å²) in [6, 6.07) is 13.5. The molecule has 1 aromatic carbocycles. The number of pyridine rings is 1. The lowest BCUT2D eigenvalue weighted by molar-refractivity contribution is -0.121. The number of anilines is 1. The van der Waals surface area contributed by atoms with Crippen molar-refractivity contribution in [3.63, 3.8) is 0 Å². The van der Waals surface area contributed by atoms with Crippen LogP contribution in [0.2, 0.25) is 0 Å². The number of fused-ring (bicyclic) bond motifs is 1. The molecule has 1 amide bonds. The van der Waals surface area contributed by atoms with Gasteiger partial charge >= 0.3 is 0 Å². The Morgan fingerprint density at radius 3 is 2.83 bits per heavy atom. The van der Waals surface area contributed by atoms with E-state index in [0.29, 0.717) is 6.54 Å². The topological polar surface area (TPSA) is 54.3 Å². The van der Waals surface area contributed by atoms with E-state index in [1.807, 2.05) is 6.07 Å². The molecular weight excluding hydrogens is 290 g/mol. The minimum absolute atomic E-state index is 0.0585. The first-order valence-corrected chi connectivity index (χ1v) is 7.92. The van der Waals surface area contributed by atoms with Crippen LogP contribution in [-0.2, 0) is 17.8 Å². The standard InChI is InChI=1S/C18H21N3O2/c1-14(21-11-9-15-6-2-3-7-16(15)21)12-19-17(22)13-20-10-5-4-8-18(20)23/h2-8,10,14H,9,11-13H2,1H3,(H,19,22)/t14-/m0/s1. The van der Waals surface area contributed by atoms with E-state index in [1.165, 1.54) is 21.9 Å². The number of nitrogens with zero attached hydrogens (tertiary/aromatic N) is 2. The predicted molar refractivity (Wildman–Crippen MR) is 90.7 cm³/mol. The van der Waals surface area contributed by atoms with Crippen LogP contribution in [0.25, 0.3) is 0 Å². The van der Waals surface area contributed by atoms with E-state index in [-0.39, 0.29) is 24.1 Å². The lowest BCUT2D eigenvalue weighted by Crippen LogP contribution is -2.43. The van der Waals surface area contributed by atoms with Gasteiger partial charge in [0, 0.05) is 37.1 Å². The van der Waals surface area contributed by atoms with Gasteiger partial charge in [0.2, 0.25) is 5.91 Å². The van der Waals surface area contributed by atoms with E-state index in [9.17, 15) is 9.59 Å². The van der Waals surface area contributed by atoms with Crippen LogP contribution in [-0.4, -0.2) is 29.6 Å². The van der Waals surface area contributed by atoms with Crippen molar-refractivity contribution in [3.8, 4) is 0 Å².